The molecule has 3 spiro atoms. The quantitative estimate of drug-likeness (QED) is 0.245. The van der Waals surface area contributed by atoms with Crippen LogP contribution in [0.2, 0.25) is 0 Å². The maximum Gasteiger partial charge on any atom is -0.0292 e. The van der Waals surface area contributed by atoms with Crippen molar-refractivity contribution in [2.24, 2.45) is 167 Å². The maximum absolute atomic E-state index is 2.54. The molecule has 0 N–H and O–H groups in total. The van der Waals surface area contributed by atoms with Gasteiger partial charge in [-0.15, -0.1) is 0 Å². The molecular weight excluding hydrogens is 1210 g/mol. The fraction of sp³-hybridized carbons (Fsp3) is 1.00. The van der Waals surface area contributed by atoms with Crippen molar-refractivity contribution in [1.82, 2.24) is 0 Å². The minimum atomic E-state index is 0.616. The minimum absolute atomic E-state index is 0.616. The summed E-state index contributed by atoms with van der Waals surface area (Å²) in [5.41, 5.74) is 6.81. The first-order valence-corrected chi connectivity index (χ1v) is 48.0. The van der Waals surface area contributed by atoms with Crippen LogP contribution in [0.4, 0.5) is 0 Å². The van der Waals surface area contributed by atoms with Gasteiger partial charge < -0.3 is 0 Å². The highest BCUT2D eigenvalue weighted by atomic mass is 14.6. The Balaban J connectivity index is 0.000000108. The van der Waals surface area contributed by atoms with E-state index in [1.54, 1.807) is 161 Å². The van der Waals surface area contributed by atoms with Crippen molar-refractivity contribution in [3.63, 3.8) is 0 Å². The van der Waals surface area contributed by atoms with Gasteiger partial charge in [0.1, 0.15) is 0 Å². The molecule has 0 aromatic heterocycles. The SMILES string of the molecule is CC12CC3CC(CC(C3)C1)C2.CC1C2CCC(CC2)[C@H]1C.CC1CCC2(CC1)CCC(C)(C)CC2.CC1CCC2(CCCC2)CC1.CC1CCC2(CCCCC2)CC1.CCC12CC3CC(CC(C3)C1)C2.C[C@@H]1C2(C)CCC(CC2)C1(C)C.C[C@H]1CC2CCC1(C)CC2.C[C@H]1CC2CCC1CC2. The summed E-state index contributed by atoms with van der Waals surface area (Å²) in [5.74, 6) is 21.6. The van der Waals surface area contributed by atoms with Gasteiger partial charge in [0.15, 0.2) is 0 Å². The second kappa shape index (κ2) is 33.9. The molecule has 26 saturated carbocycles. The van der Waals surface area contributed by atoms with Crippen LogP contribution in [0.15, 0.2) is 0 Å². The van der Waals surface area contributed by atoms with E-state index in [0.29, 0.717) is 16.2 Å². The second-order valence-electron chi connectivity index (χ2n) is 47.6. The fourth-order valence-corrected chi connectivity index (χ4v) is 31.1. The third-order valence-corrected chi connectivity index (χ3v) is 39.5. The normalized spacial score (nSPS) is 46.3. The lowest BCUT2D eigenvalue weighted by molar-refractivity contribution is -0.0911. The fourth-order valence-electron chi connectivity index (χ4n) is 31.1. The van der Waals surface area contributed by atoms with Gasteiger partial charge in [-0.3, -0.25) is 0 Å². The van der Waals surface area contributed by atoms with E-state index in [-0.39, 0.29) is 0 Å². The lowest BCUT2D eigenvalue weighted by Gasteiger charge is -2.59. The molecule has 26 aliphatic carbocycles. The van der Waals surface area contributed by atoms with Crippen LogP contribution in [0.5, 0.6) is 0 Å². The molecule has 0 nitrogen and oxygen atoms in total. The average molecular weight is 1390 g/mol. The zero-order valence-electron chi connectivity index (χ0n) is 71.6. The molecule has 1 unspecified atom stereocenters. The average Bonchev–Trinajstić information content (AvgIpc) is 1.72. The van der Waals surface area contributed by atoms with Crippen molar-refractivity contribution in [1.29, 1.82) is 0 Å². The van der Waals surface area contributed by atoms with Gasteiger partial charge in [-0.2, -0.15) is 0 Å². The van der Waals surface area contributed by atoms with Crippen LogP contribution in [0.3, 0.4) is 0 Å². The van der Waals surface area contributed by atoms with Crippen LogP contribution in [0.1, 0.15) is 470 Å². The molecule has 26 aliphatic rings. The number of hydrogen-bond donors (Lipinski definition) is 0. The first-order chi connectivity index (χ1) is 48.0. The predicted molar refractivity (Wildman–Crippen MR) is 441 cm³/mol. The van der Waals surface area contributed by atoms with E-state index in [0.717, 1.165) is 151 Å². The van der Waals surface area contributed by atoms with Gasteiger partial charge in [-0.25, -0.2) is 0 Å². The molecule has 26 rings (SSSR count). The lowest BCUT2D eigenvalue weighted by Crippen LogP contribution is -2.50. The van der Waals surface area contributed by atoms with Crippen LogP contribution in [0.25, 0.3) is 0 Å². The maximum atomic E-state index is 2.54. The lowest BCUT2D eigenvalue weighted by atomic mass is 9.46. The van der Waals surface area contributed by atoms with Crippen molar-refractivity contribution in [3.05, 3.63) is 0 Å². The first kappa shape index (κ1) is 80.5. The summed E-state index contributed by atoms with van der Waals surface area (Å²) in [6, 6.07) is 0. The smallest absolute Gasteiger partial charge is 0.0292 e. The largest absolute Gasteiger partial charge is 0.0649 e. The molecule has 0 heteroatoms. The number of rotatable bonds is 1. The molecule has 584 valence electrons. The molecule has 0 amide bonds. The standard InChI is InChI=1S/C14H26.C12H20.2C12H22.C11H18.C11H20.2C10H18.C9H16/c1-12-4-6-14(7-5-12)10-8-13(2,3)9-11-14;1-2-12-6-9-3-10(7-12)5-11(4-9)8-12;1-9-11(2,3)10-5-7-12(9,4)8-6-10;1-11-5-9-12(10-6-11)7-3-2-4-8-12;1-11-5-8-2-9(6-11)4-10(3-8)7-11;1-10-4-8-11(9-5-10)6-2-3-7-11;1-8-7-9-3-5-10(8,2)6-4-9;1-7-8(2)10-5-3-9(7)4-6-10;1-7-6-8-2-4-9(7)5-3-8/h12H,4-11H2,1-3H3;9-11H,2-8H2,1H3;9-10H,5-8H2,1-4H3;11H,2-10H2,1H3;8-10H,2-7H2,1H3;10H,2-9H2,1H3;8-9H,3-7H2,1-2H3;7-10H,3-6H2,1-2H3;7-9H,2-6H2,1H3/t;;9-,10?,12?;;;;8-,9?,10?;7-,8?,9?,10?;7-,8?,9?/m..0...000/s1. The van der Waals surface area contributed by atoms with Gasteiger partial charge in [-0.05, 0) is 437 Å². The van der Waals surface area contributed by atoms with Gasteiger partial charge in [0, 0.05) is 0 Å². The van der Waals surface area contributed by atoms with Crippen LogP contribution in [-0.4, -0.2) is 0 Å². The third-order valence-electron chi connectivity index (χ3n) is 39.5. The van der Waals surface area contributed by atoms with Crippen molar-refractivity contribution in [2.45, 2.75) is 470 Å². The van der Waals surface area contributed by atoms with Gasteiger partial charge in [0.2, 0.25) is 0 Å². The summed E-state index contributed by atoms with van der Waals surface area (Å²) < 4.78 is 0. The summed E-state index contributed by atoms with van der Waals surface area (Å²) >= 11 is 0. The molecule has 0 heterocycles. The zero-order chi connectivity index (χ0) is 71.6. The topological polar surface area (TPSA) is 0 Å². The van der Waals surface area contributed by atoms with Gasteiger partial charge in [-0.1, -0.05) is 201 Å². The van der Waals surface area contributed by atoms with E-state index in [1.165, 1.54) is 199 Å². The highest BCUT2D eigenvalue weighted by Crippen LogP contribution is 2.65. The number of hydrogen-bond acceptors (Lipinski definition) is 0. The van der Waals surface area contributed by atoms with Crippen LogP contribution in [-0.2, 0) is 0 Å². The molecule has 26 fully saturated rings. The zero-order valence-corrected chi connectivity index (χ0v) is 71.6. The van der Waals surface area contributed by atoms with Gasteiger partial charge >= 0.3 is 0 Å². The molecule has 0 aromatic carbocycles. The predicted octanol–water partition coefficient (Wildman–Crippen LogP) is 32.5. The Hall–Kier alpha value is 0. The van der Waals surface area contributed by atoms with E-state index in [4.69, 9.17) is 0 Å². The molecule has 0 saturated heterocycles. The highest BCUT2D eigenvalue weighted by molar-refractivity contribution is 5.04. The van der Waals surface area contributed by atoms with E-state index < -0.39 is 0 Å². The summed E-state index contributed by atoms with van der Waals surface area (Å²) in [5, 5.41) is 0. The van der Waals surface area contributed by atoms with E-state index >= 15 is 0 Å². The Morgan fingerprint density at radius 1 is 0.277 bits per heavy atom. The molecular formula is C101H180. The Bertz CT molecular complexity index is 2310. The minimum Gasteiger partial charge on any atom is -0.0649 e. The molecule has 101 heavy (non-hydrogen) atoms. The third kappa shape index (κ3) is 20.2. The van der Waals surface area contributed by atoms with E-state index in [2.05, 4.69) is 111 Å². The highest BCUT2D eigenvalue weighted by Gasteiger charge is 2.54. The molecule has 0 radical (unpaired) electrons. The van der Waals surface area contributed by atoms with Crippen molar-refractivity contribution in [3.8, 4) is 0 Å². The van der Waals surface area contributed by atoms with Crippen molar-refractivity contribution >= 4 is 0 Å². The number of fused-ring (bicyclic) bond motifs is 12. The van der Waals surface area contributed by atoms with Crippen LogP contribution < -0.4 is 0 Å². The molecule has 0 aromatic rings. The summed E-state index contributed by atoms with van der Waals surface area (Å²) in [6.45, 7) is 39.4. The molecule has 5 atom stereocenters. The molecule has 16 bridgehead atoms. The Morgan fingerprint density at radius 2 is 0.624 bits per heavy atom. The summed E-state index contributed by atoms with van der Waals surface area (Å²) in [6.07, 6.45) is 86.1. The van der Waals surface area contributed by atoms with Crippen molar-refractivity contribution < 1.29 is 0 Å². The Morgan fingerprint density at radius 3 is 0.911 bits per heavy atom. The Kier molecular flexibility index (Phi) is 27.0. The monoisotopic (exact) mass is 1390 g/mol. The van der Waals surface area contributed by atoms with Gasteiger partial charge in [0.25, 0.3) is 0 Å². The second-order valence-corrected chi connectivity index (χ2v) is 47.6. The van der Waals surface area contributed by atoms with E-state index in [1.807, 2.05) is 0 Å². The van der Waals surface area contributed by atoms with Crippen molar-refractivity contribution in [2.75, 3.05) is 0 Å². The summed E-state index contributed by atoms with van der Waals surface area (Å²) in [4.78, 5) is 0. The van der Waals surface area contributed by atoms with Gasteiger partial charge in [0.05, 0.1) is 0 Å². The summed E-state index contributed by atoms with van der Waals surface area (Å²) in [7, 11) is 0. The molecule has 0 aliphatic heterocycles. The van der Waals surface area contributed by atoms with E-state index in [9.17, 15) is 0 Å². The first-order valence-electron chi connectivity index (χ1n) is 48.0. The Labute approximate surface area is 633 Å². The van der Waals surface area contributed by atoms with Crippen LogP contribution >= 0.6 is 0 Å². The van der Waals surface area contributed by atoms with Crippen LogP contribution in [0, 0.1) is 167 Å².